The molecule has 2 saturated heterocycles. The number of carbonyl (C=O) groups is 2. The van der Waals surface area contributed by atoms with Crippen LogP contribution in [0.25, 0.3) is 0 Å². The second-order valence-corrected chi connectivity index (χ2v) is 11.2. The zero-order valence-corrected chi connectivity index (χ0v) is 22.2. The number of aromatic nitrogens is 2. The van der Waals surface area contributed by atoms with Crippen molar-refractivity contribution in [3.8, 4) is 0 Å². The van der Waals surface area contributed by atoms with Gasteiger partial charge in [-0.2, -0.15) is 5.10 Å². The quantitative estimate of drug-likeness (QED) is 0.629. The van der Waals surface area contributed by atoms with Crippen LogP contribution in [0.15, 0.2) is 24.3 Å². The average Bonchev–Trinajstić information content (AvgIpc) is 3.47. The van der Waals surface area contributed by atoms with Gasteiger partial charge < -0.3 is 14.5 Å². The summed E-state index contributed by atoms with van der Waals surface area (Å²) in [5.41, 5.74) is 5.41. The number of likely N-dealkylation sites (tertiary alicyclic amines) is 1. The highest BCUT2D eigenvalue weighted by molar-refractivity contribution is 5.94. The van der Waals surface area contributed by atoms with E-state index in [1.807, 2.05) is 28.3 Å². The molecule has 2 aromatic rings. The lowest BCUT2D eigenvalue weighted by Gasteiger charge is -2.35. The van der Waals surface area contributed by atoms with Crippen LogP contribution >= 0.6 is 0 Å². The SMILES string of the molecule is CC(C)c1ccc(C2CCN(C(=O)Cn3nc(C(=O)N4C[C@@H](C)O[C@@H](C)C4)c4c3CCC4)CC2)cc1. The van der Waals surface area contributed by atoms with E-state index in [4.69, 9.17) is 9.84 Å². The molecular formula is C29H40N4O3. The first-order chi connectivity index (χ1) is 17.3. The summed E-state index contributed by atoms with van der Waals surface area (Å²) >= 11 is 0. The van der Waals surface area contributed by atoms with Gasteiger partial charge in [0.25, 0.3) is 5.91 Å². The third kappa shape index (κ3) is 5.08. The molecule has 0 spiro atoms. The molecule has 0 unspecified atom stereocenters. The lowest BCUT2D eigenvalue weighted by molar-refractivity contribution is -0.133. The van der Waals surface area contributed by atoms with Crippen molar-refractivity contribution in [2.75, 3.05) is 26.2 Å². The van der Waals surface area contributed by atoms with Gasteiger partial charge in [0.15, 0.2) is 5.69 Å². The fraction of sp³-hybridized carbons (Fsp3) is 0.621. The highest BCUT2D eigenvalue weighted by Gasteiger charge is 2.33. The van der Waals surface area contributed by atoms with Gasteiger partial charge in [-0.1, -0.05) is 38.1 Å². The Kier molecular flexibility index (Phi) is 7.20. The molecule has 0 N–H and O–H groups in total. The van der Waals surface area contributed by atoms with Gasteiger partial charge >= 0.3 is 0 Å². The summed E-state index contributed by atoms with van der Waals surface area (Å²) in [5, 5.41) is 4.71. The predicted molar refractivity (Wildman–Crippen MR) is 139 cm³/mol. The topological polar surface area (TPSA) is 67.7 Å². The molecule has 0 radical (unpaired) electrons. The number of carbonyl (C=O) groups excluding carboxylic acids is 2. The molecule has 2 amide bonds. The van der Waals surface area contributed by atoms with Gasteiger partial charge in [-0.3, -0.25) is 14.3 Å². The molecular weight excluding hydrogens is 452 g/mol. The zero-order valence-electron chi connectivity index (χ0n) is 22.2. The van der Waals surface area contributed by atoms with Gasteiger partial charge in [0.05, 0.1) is 12.2 Å². The number of hydrogen-bond acceptors (Lipinski definition) is 4. The third-order valence-corrected chi connectivity index (χ3v) is 8.12. The van der Waals surface area contributed by atoms with Crippen molar-refractivity contribution in [1.82, 2.24) is 19.6 Å². The molecule has 5 rings (SSSR count). The van der Waals surface area contributed by atoms with E-state index in [0.717, 1.165) is 56.5 Å². The third-order valence-electron chi connectivity index (χ3n) is 8.12. The molecule has 36 heavy (non-hydrogen) atoms. The lowest BCUT2D eigenvalue weighted by atomic mass is 9.88. The summed E-state index contributed by atoms with van der Waals surface area (Å²) in [7, 11) is 0. The largest absolute Gasteiger partial charge is 0.372 e. The van der Waals surface area contributed by atoms with E-state index in [2.05, 4.69) is 38.1 Å². The van der Waals surface area contributed by atoms with Crippen LogP contribution in [0, 0.1) is 0 Å². The first kappa shape index (κ1) is 25.0. The van der Waals surface area contributed by atoms with Crippen LogP contribution in [0.3, 0.4) is 0 Å². The Labute approximate surface area is 214 Å². The summed E-state index contributed by atoms with van der Waals surface area (Å²) in [6.07, 6.45) is 4.77. The Hall–Kier alpha value is -2.67. The van der Waals surface area contributed by atoms with Gasteiger partial charge in [-0.15, -0.1) is 0 Å². The molecule has 1 aliphatic carbocycles. The van der Waals surface area contributed by atoms with E-state index >= 15 is 0 Å². The average molecular weight is 493 g/mol. The van der Waals surface area contributed by atoms with Crippen LogP contribution in [-0.2, 0) is 28.9 Å². The van der Waals surface area contributed by atoms with E-state index in [0.29, 0.717) is 30.6 Å². The standard InChI is InChI=1S/C29H40N4O3/c1-19(2)22-8-10-23(11-9-22)24-12-14-31(15-13-24)27(34)18-33-26-7-5-6-25(26)28(30-33)29(35)32-16-20(3)36-21(4)17-32/h8-11,19-21,24H,5-7,12-18H2,1-4H3/t20-,21+. The van der Waals surface area contributed by atoms with Crippen molar-refractivity contribution in [3.63, 3.8) is 0 Å². The first-order valence-electron chi connectivity index (χ1n) is 13.7. The Bertz CT molecular complexity index is 1090. The monoisotopic (exact) mass is 492 g/mol. The first-order valence-corrected chi connectivity index (χ1v) is 13.7. The molecule has 1 aromatic carbocycles. The maximum Gasteiger partial charge on any atom is 0.274 e. The van der Waals surface area contributed by atoms with Crippen molar-refractivity contribution in [2.45, 2.75) is 90.4 Å². The van der Waals surface area contributed by atoms with E-state index in [-0.39, 0.29) is 30.6 Å². The van der Waals surface area contributed by atoms with Crippen LogP contribution in [-0.4, -0.2) is 69.8 Å². The summed E-state index contributed by atoms with van der Waals surface area (Å²) in [6.45, 7) is 11.4. The van der Waals surface area contributed by atoms with E-state index < -0.39 is 0 Å². The molecule has 0 bridgehead atoms. The van der Waals surface area contributed by atoms with Gasteiger partial charge in [-0.05, 0) is 68.9 Å². The summed E-state index contributed by atoms with van der Waals surface area (Å²) < 4.78 is 7.62. The number of amides is 2. The molecule has 2 aliphatic heterocycles. The molecule has 0 saturated carbocycles. The molecule has 3 aliphatic rings. The van der Waals surface area contributed by atoms with Crippen molar-refractivity contribution in [2.24, 2.45) is 0 Å². The molecule has 1 aromatic heterocycles. The summed E-state index contributed by atoms with van der Waals surface area (Å²) in [6, 6.07) is 9.01. The van der Waals surface area contributed by atoms with Crippen LogP contribution in [0.4, 0.5) is 0 Å². The van der Waals surface area contributed by atoms with E-state index in [9.17, 15) is 9.59 Å². The van der Waals surface area contributed by atoms with E-state index in [1.54, 1.807) is 0 Å². The highest BCUT2D eigenvalue weighted by Crippen LogP contribution is 2.30. The Morgan fingerprint density at radius 3 is 2.31 bits per heavy atom. The Morgan fingerprint density at radius 2 is 1.67 bits per heavy atom. The number of rotatable bonds is 5. The molecule has 194 valence electrons. The maximum atomic E-state index is 13.4. The van der Waals surface area contributed by atoms with Crippen LogP contribution < -0.4 is 0 Å². The number of ether oxygens (including phenoxy) is 1. The minimum atomic E-state index is -0.0225. The van der Waals surface area contributed by atoms with E-state index in [1.165, 1.54) is 11.1 Å². The number of hydrogen-bond donors (Lipinski definition) is 0. The fourth-order valence-electron chi connectivity index (χ4n) is 6.15. The van der Waals surface area contributed by atoms with Crippen LogP contribution in [0.5, 0.6) is 0 Å². The molecule has 7 nitrogen and oxygen atoms in total. The van der Waals surface area contributed by atoms with Gasteiger partial charge in [0, 0.05) is 37.4 Å². The van der Waals surface area contributed by atoms with Crippen molar-refractivity contribution in [3.05, 3.63) is 52.3 Å². The van der Waals surface area contributed by atoms with Gasteiger partial charge in [0.1, 0.15) is 6.54 Å². The van der Waals surface area contributed by atoms with Gasteiger partial charge in [0.2, 0.25) is 5.91 Å². The molecule has 2 atom stereocenters. The minimum Gasteiger partial charge on any atom is -0.372 e. The highest BCUT2D eigenvalue weighted by atomic mass is 16.5. The van der Waals surface area contributed by atoms with Crippen molar-refractivity contribution in [1.29, 1.82) is 0 Å². The van der Waals surface area contributed by atoms with Gasteiger partial charge in [-0.25, -0.2) is 0 Å². The second kappa shape index (κ2) is 10.4. The predicted octanol–water partition coefficient (Wildman–Crippen LogP) is 4.15. The number of nitrogens with zero attached hydrogens (tertiary/aromatic N) is 4. The van der Waals surface area contributed by atoms with Crippen LogP contribution in [0.1, 0.15) is 91.7 Å². The Balaban J connectivity index is 1.23. The molecule has 3 heterocycles. The molecule has 7 heteroatoms. The summed E-state index contributed by atoms with van der Waals surface area (Å²) in [5.74, 6) is 1.13. The number of fused-ring (bicyclic) bond motifs is 1. The smallest absolute Gasteiger partial charge is 0.274 e. The number of benzene rings is 1. The normalized spacial score (nSPS) is 22.8. The van der Waals surface area contributed by atoms with Crippen LogP contribution in [0.2, 0.25) is 0 Å². The lowest BCUT2D eigenvalue weighted by Crippen LogP contribution is -2.48. The molecule has 2 fully saturated rings. The number of morpholine rings is 1. The van der Waals surface area contributed by atoms with Crippen molar-refractivity contribution >= 4 is 11.8 Å². The number of piperidine rings is 1. The zero-order chi connectivity index (χ0) is 25.4. The van der Waals surface area contributed by atoms with Crippen molar-refractivity contribution < 1.29 is 14.3 Å². The maximum absolute atomic E-state index is 13.4. The summed E-state index contributed by atoms with van der Waals surface area (Å²) in [4.78, 5) is 30.5. The second-order valence-electron chi connectivity index (χ2n) is 11.2. The Morgan fingerprint density at radius 1 is 1.00 bits per heavy atom. The fourth-order valence-corrected chi connectivity index (χ4v) is 6.15. The minimum absolute atomic E-state index is 0.0190.